The van der Waals surface area contributed by atoms with Crippen LogP contribution in [0.15, 0.2) is 60.0 Å². The van der Waals surface area contributed by atoms with Crippen LogP contribution in [0.2, 0.25) is 0 Å². The van der Waals surface area contributed by atoms with Crippen molar-refractivity contribution in [2.24, 2.45) is 0 Å². The van der Waals surface area contributed by atoms with Crippen LogP contribution >= 0.6 is 11.3 Å². The number of ether oxygens (including phenoxy) is 3. The molecule has 3 rings (SSSR count). The predicted octanol–water partition coefficient (Wildman–Crippen LogP) is 5.96. The van der Waals surface area contributed by atoms with Crippen LogP contribution in [0.5, 0.6) is 5.75 Å². The highest BCUT2D eigenvalue weighted by atomic mass is 32.1. The van der Waals surface area contributed by atoms with E-state index in [9.17, 15) is 14.4 Å². The Morgan fingerprint density at radius 1 is 0.886 bits per heavy atom. The monoisotopic (exact) mass is 495 g/mol. The molecule has 0 aliphatic heterocycles. The first-order valence-corrected chi connectivity index (χ1v) is 12.4. The third-order valence-corrected chi connectivity index (χ3v) is 5.94. The number of amides is 1. The first-order valence-electron chi connectivity index (χ1n) is 11.6. The molecule has 0 radical (unpaired) electrons. The van der Waals surface area contributed by atoms with Gasteiger partial charge in [-0.1, -0.05) is 50.1 Å². The third-order valence-electron chi connectivity index (χ3n) is 5.05. The van der Waals surface area contributed by atoms with Crippen molar-refractivity contribution >= 4 is 34.2 Å². The fraction of sp³-hybridized carbons (Fsp3) is 0.296. The smallest absolute Gasteiger partial charge is 0.341 e. The number of carbonyl (C=O) groups excluding carboxylic acids is 3. The molecule has 0 atom stereocenters. The summed E-state index contributed by atoms with van der Waals surface area (Å²) >= 11 is 1.21. The Kier molecular flexibility index (Phi) is 9.86. The molecule has 1 amide bonds. The van der Waals surface area contributed by atoms with E-state index in [1.54, 1.807) is 36.6 Å². The second-order valence-electron chi connectivity index (χ2n) is 7.64. The van der Waals surface area contributed by atoms with Crippen molar-refractivity contribution in [3.05, 3.63) is 71.1 Å². The maximum Gasteiger partial charge on any atom is 0.341 e. The average Bonchev–Trinajstić information content (AvgIpc) is 3.29. The number of carbonyl (C=O) groups is 3. The van der Waals surface area contributed by atoms with Crippen molar-refractivity contribution < 1.29 is 28.6 Å². The molecule has 0 aliphatic carbocycles. The largest absolute Gasteiger partial charge is 0.494 e. The highest BCUT2D eigenvalue weighted by molar-refractivity contribution is 7.15. The van der Waals surface area contributed by atoms with Crippen LogP contribution in [0, 0.1) is 0 Å². The number of hydrogen-bond acceptors (Lipinski definition) is 7. The fourth-order valence-corrected chi connectivity index (χ4v) is 4.27. The predicted molar refractivity (Wildman–Crippen MR) is 136 cm³/mol. The molecule has 0 spiro atoms. The van der Waals surface area contributed by atoms with Gasteiger partial charge < -0.3 is 19.5 Å². The molecule has 1 heterocycles. The Morgan fingerprint density at radius 3 is 2.31 bits per heavy atom. The lowest BCUT2D eigenvalue weighted by Gasteiger charge is -2.10. The van der Waals surface area contributed by atoms with Gasteiger partial charge >= 0.3 is 11.9 Å². The summed E-state index contributed by atoms with van der Waals surface area (Å²) in [5.74, 6) is -1.04. The molecule has 0 fully saturated rings. The fourth-order valence-electron chi connectivity index (χ4n) is 3.29. The molecule has 8 heteroatoms. The average molecular weight is 496 g/mol. The van der Waals surface area contributed by atoms with Gasteiger partial charge in [0, 0.05) is 10.9 Å². The summed E-state index contributed by atoms with van der Waals surface area (Å²) in [4.78, 5) is 37.5. The van der Waals surface area contributed by atoms with Crippen molar-refractivity contribution in [1.82, 2.24) is 0 Å². The van der Waals surface area contributed by atoms with E-state index < -0.39 is 24.5 Å². The maximum atomic E-state index is 12.6. The van der Waals surface area contributed by atoms with Crippen molar-refractivity contribution in [2.45, 2.75) is 33.1 Å². The SMILES string of the molecule is CCCCCOc1ccc(C(=O)OCC(=O)Nc2scc(-c3ccccc3)c2C(=O)OCC)cc1. The summed E-state index contributed by atoms with van der Waals surface area (Å²) in [6, 6.07) is 16.0. The molecule has 0 aliphatic rings. The van der Waals surface area contributed by atoms with Crippen molar-refractivity contribution in [1.29, 1.82) is 0 Å². The van der Waals surface area contributed by atoms with Crippen LogP contribution in [0.25, 0.3) is 11.1 Å². The second-order valence-corrected chi connectivity index (χ2v) is 8.52. The van der Waals surface area contributed by atoms with Crippen molar-refractivity contribution in [3.63, 3.8) is 0 Å². The lowest BCUT2D eigenvalue weighted by atomic mass is 10.0. The molecule has 1 N–H and O–H groups in total. The standard InChI is InChI=1S/C27H29NO6S/c1-3-5-9-16-33-21-14-12-20(13-15-21)26(30)34-17-23(29)28-25-24(27(31)32-4-2)22(18-35-25)19-10-7-6-8-11-19/h6-8,10-15,18H,3-5,9,16-17H2,1-2H3,(H,28,29). The minimum Gasteiger partial charge on any atom is -0.494 e. The molecule has 0 bridgehead atoms. The van der Waals surface area contributed by atoms with E-state index in [1.807, 2.05) is 30.3 Å². The Hall–Kier alpha value is -3.65. The molecule has 7 nitrogen and oxygen atoms in total. The minimum absolute atomic E-state index is 0.205. The lowest BCUT2D eigenvalue weighted by Crippen LogP contribution is -2.21. The summed E-state index contributed by atoms with van der Waals surface area (Å²) in [5.41, 5.74) is 2.08. The van der Waals surface area contributed by atoms with Gasteiger partial charge in [0.05, 0.1) is 18.8 Å². The third kappa shape index (κ3) is 7.42. The number of nitrogens with one attached hydrogen (secondary N) is 1. The van der Waals surface area contributed by atoms with Gasteiger partial charge in [-0.25, -0.2) is 9.59 Å². The first kappa shape index (κ1) is 26.0. The van der Waals surface area contributed by atoms with Crippen molar-refractivity contribution in [3.8, 4) is 16.9 Å². The second kappa shape index (κ2) is 13.3. The lowest BCUT2D eigenvalue weighted by molar-refractivity contribution is -0.119. The zero-order valence-electron chi connectivity index (χ0n) is 19.9. The van der Waals surface area contributed by atoms with Gasteiger partial charge in [-0.3, -0.25) is 4.79 Å². The van der Waals surface area contributed by atoms with E-state index in [-0.39, 0.29) is 12.2 Å². The molecule has 0 saturated carbocycles. The van der Waals surface area contributed by atoms with Gasteiger partial charge in [0.25, 0.3) is 5.91 Å². The normalized spacial score (nSPS) is 10.5. The van der Waals surface area contributed by atoms with Crippen LogP contribution in [0.4, 0.5) is 5.00 Å². The van der Waals surface area contributed by atoms with E-state index in [0.717, 1.165) is 24.8 Å². The summed E-state index contributed by atoms with van der Waals surface area (Å²) in [5, 5.41) is 4.80. The van der Waals surface area contributed by atoms with E-state index in [0.29, 0.717) is 28.5 Å². The van der Waals surface area contributed by atoms with Gasteiger partial charge in [0.15, 0.2) is 6.61 Å². The first-order chi connectivity index (χ1) is 17.0. The van der Waals surface area contributed by atoms with Crippen LogP contribution in [0.1, 0.15) is 53.8 Å². The highest BCUT2D eigenvalue weighted by Gasteiger charge is 2.23. The van der Waals surface area contributed by atoms with Crippen LogP contribution in [-0.2, 0) is 14.3 Å². The van der Waals surface area contributed by atoms with Crippen LogP contribution < -0.4 is 10.1 Å². The zero-order valence-corrected chi connectivity index (χ0v) is 20.7. The molecule has 3 aromatic rings. The van der Waals surface area contributed by atoms with Crippen LogP contribution in [-0.4, -0.2) is 37.7 Å². The number of thiophene rings is 1. The number of rotatable bonds is 12. The molecule has 0 unspecified atom stereocenters. The number of hydrogen-bond donors (Lipinski definition) is 1. The molecule has 1 aromatic heterocycles. The van der Waals surface area contributed by atoms with Gasteiger partial charge in [0.2, 0.25) is 0 Å². The topological polar surface area (TPSA) is 90.9 Å². The summed E-state index contributed by atoms with van der Waals surface area (Å²) in [7, 11) is 0. The molecule has 35 heavy (non-hydrogen) atoms. The minimum atomic E-state index is -0.626. The van der Waals surface area contributed by atoms with Crippen molar-refractivity contribution in [2.75, 3.05) is 25.1 Å². The van der Waals surface area contributed by atoms with Gasteiger partial charge in [-0.05, 0) is 43.2 Å². The van der Waals surface area contributed by atoms with E-state index in [4.69, 9.17) is 14.2 Å². The Labute approximate surface area is 209 Å². The zero-order chi connectivity index (χ0) is 25.0. The summed E-state index contributed by atoms with van der Waals surface area (Å²) < 4.78 is 16.0. The Balaban J connectivity index is 1.60. The summed E-state index contributed by atoms with van der Waals surface area (Å²) in [6.45, 7) is 4.18. The van der Waals surface area contributed by atoms with Gasteiger partial charge in [-0.2, -0.15) is 0 Å². The maximum absolute atomic E-state index is 12.6. The molecular weight excluding hydrogens is 466 g/mol. The number of esters is 2. The van der Waals surface area contributed by atoms with Gasteiger partial charge in [-0.15, -0.1) is 11.3 Å². The number of benzene rings is 2. The summed E-state index contributed by atoms with van der Waals surface area (Å²) in [6.07, 6.45) is 3.20. The molecule has 2 aromatic carbocycles. The number of unbranched alkanes of at least 4 members (excludes halogenated alkanes) is 2. The van der Waals surface area contributed by atoms with Gasteiger partial charge in [0.1, 0.15) is 16.3 Å². The Morgan fingerprint density at radius 2 is 1.63 bits per heavy atom. The molecule has 184 valence electrons. The van der Waals surface area contributed by atoms with E-state index in [1.165, 1.54) is 11.3 Å². The van der Waals surface area contributed by atoms with E-state index >= 15 is 0 Å². The number of anilines is 1. The molecular formula is C27H29NO6S. The Bertz CT molecular complexity index is 1120. The van der Waals surface area contributed by atoms with Crippen LogP contribution in [0.3, 0.4) is 0 Å². The molecule has 0 saturated heterocycles. The van der Waals surface area contributed by atoms with E-state index in [2.05, 4.69) is 12.2 Å². The quantitative estimate of drug-likeness (QED) is 0.246. The highest BCUT2D eigenvalue weighted by Crippen LogP contribution is 2.36.